The van der Waals surface area contributed by atoms with Gasteiger partial charge in [-0.25, -0.2) is 14.6 Å². The Balaban J connectivity index is 0.000000366. The monoisotopic (exact) mass is 470 g/mol. The number of aliphatic carboxylic acids is 3. The third-order valence-corrected chi connectivity index (χ3v) is 4.65. The second-order valence-electron chi connectivity index (χ2n) is 7.46. The fraction of sp³-hybridized carbons (Fsp3) is 0.526. The van der Waals surface area contributed by atoms with E-state index in [1.807, 2.05) is 0 Å². The van der Waals surface area contributed by atoms with Gasteiger partial charge in [0.1, 0.15) is 5.78 Å². The molecule has 0 saturated carbocycles. The lowest BCUT2D eigenvalue weighted by molar-refractivity contribution is -0.170. The first-order valence-corrected chi connectivity index (χ1v) is 9.71. The summed E-state index contributed by atoms with van der Waals surface area (Å²) in [6.45, 7) is 1.85. The van der Waals surface area contributed by atoms with Crippen molar-refractivity contribution < 1.29 is 39.6 Å². The molecule has 0 radical (unpaired) electrons. The molecule has 14 nitrogen and oxygen atoms in total. The van der Waals surface area contributed by atoms with Crippen LogP contribution in [0.3, 0.4) is 0 Å². The Labute approximate surface area is 186 Å². The molecule has 4 N–H and O–H groups in total. The lowest BCUT2D eigenvalue weighted by atomic mass is 9.96. The number of imidazole rings is 1. The van der Waals surface area contributed by atoms with Gasteiger partial charge in [0.15, 0.2) is 16.8 Å². The van der Waals surface area contributed by atoms with Gasteiger partial charge in [-0.2, -0.15) is 0 Å². The molecule has 33 heavy (non-hydrogen) atoms. The number of nitrogens with zero attached hydrogens (tertiary/aromatic N) is 4. The molecule has 0 fully saturated rings. The van der Waals surface area contributed by atoms with E-state index in [-0.39, 0.29) is 17.0 Å². The number of Topliss-reactive ketones (excluding diaryl/α,β-unsaturated/α-hetero) is 1. The number of hydrogen-bond donors (Lipinski definition) is 4. The Morgan fingerprint density at radius 2 is 1.55 bits per heavy atom. The number of rotatable bonds is 10. The van der Waals surface area contributed by atoms with Crippen LogP contribution in [-0.2, 0) is 39.8 Å². The van der Waals surface area contributed by atoms with Crippen molar-refractivity contribution in [3.63, 3.8) is 0 Å². The molecule has 0 saturated heterocycles. The van der Waals surface area contributed by atoms with Crippen LogP contribution in [0.15, 0.2) is 15.9 Å². The molecule has 2 aromatic rings. The summed E-state index contributed by atoms with van der Waals surface area (Å²) in [6.07, 6.45) is 1.00. The minimum absolute atomic E-state index is 0.118. The fourth-order valence-electron chi connectivity index (χ4n) is 2.95. The maximum absolute atomic E-state index is 12.3. The summed E-state index contributed by atoms with van der Waals surface area (Å²) >= 11 is 0. The number of aliphatic hydroxyl groups is 1. The van der Waals surface area contributed by atoms with Crippen LogP contribution in [0.5, 0.6) is 0 Å². The normalized spacial score (nSPS) is 11.0. The van der Waals surface area contributed by atoms with E-state index in [0.29, 0.717) is 37.0 Å². The van der Waals surface area contributed by atoms with Gasteiger partial charge >= 0.3 is 23.6 Å². The second-order valence-corrected chi connectivity index (χ2v) is 7.46. The van der Waals surface area contributed by atoms with E-state index in [0.717, 1.165) is 0 Å². The zero-order chi connectivity index (χ0) is 25.5. The lowest BCUT2D eigenvalue weighted by Gasteiger charge is -2.18. The number of fused-ring (bicyclic) bond motifs is 1. The van der Waals surface area contributed by atoms with Gasteiger partial charge in [0.05, 0.1) is 19.2 Å². The SMILES string of the molecule is CC(=O)CCCCn1c(=O)c2c(ncn2C)n(C)c1=O.O=C(O)CC(O)(CC(=O)O)C(=O)O. The van der Waals surface area contributed by atoms with Crippen LogP contribution in [0.25, 0.3) is 11.2 Å². The molecule has 0 bridgehead atoms. The van der Waals surface area contributed by atoms with Crippen LogP contribution in [0.4, 0.5) is 0 Å². The molecular formula is C19H26N4O10. The van der Waals surface area contributed by atoms with Gasteiger partial charge in [-0.15, -0.1) is 0 Å². The first-order chi connectivity index (χ1) is 15.2. The number of carbonyl (C=O) groups excluding carboxylic acids is 1. The standard InChI is InChI=1S/C13H18N4O3.C6H8O7/c1-9(18)6-4-5-7-17-12(19)10-11(14-8-15(10)2)16(3)13(17)20;7-3(8)1-6(13,5(11)12)2-4(9)10/h8H,4-7H2,1-3H3;13H,1-2H2,(H,7,8)(H,9,10)(H,11,12). The highest BCUT2D eigenvalue weighted by atomic mass is 16.4. The second kappa shape index (κ2) is 11.2. The number of carbonyl (C=O) groups is 4. The molecule has 0 atom stereocenters. The smallest absolute Gasteiger partial charge is 0.336 e. The number of ketones is 1. The van der Waals surface area contributed by atoms with Crippen molar-refractivity contribution in [2.24, 2.45) is 14.1 Å². The fourth-order valence-corrected chi connectivity index (χ4v) is 2.95. The van der Waals surface area contributed by atoms with E-state index in [4.69, 9.17) is 20.4 Å². The Hall–Kier alpha value is -3.81. The predicted molar refractivity (Wildman–Crippen MR) is 112 cm³/mol. The minimum Gasteiger partial charge on any atom is -0.481 e. The van der Waals surface area contributed by atoms with Crippen LogP contribution >= 0.6 is 0 Å². The number of carboxylic acid groups (broad SMARTS) is 3. The van der Waals surface area contributed by atoms with Crippen molar-refractivity contribution >= 4 is 34.9 Å². The third-order valence-electron chi connectivity index (χ3n) is 4.65. The predicted octanol–water partition coefficient (Wildman–Crippen LogP) is -1.06. The number of hydrogen-bond acceptors (Lipinski definition) is 8. The van der Waals surface area contributed by atoms with Crippen LogP contribution in [-0.4, -0.2) is 68.4 Å². The lowest BCUT2D eigenvalue weighted by Crippen LogP contribution is -2.42. The van der Waals surface area contributed by atoms with Crippen molar-refractivity contribution in [1.82, 2.24) is 18.7 Å². The summed E-state index contributed by atoms with van der Waals surface area (Å²) < 4.78 is 4.20. The number of aromatic nitrogens is 4. The van der Waals surface area contributed by atoms with Crippen molar-refractivity contribution in [2.75, 3.05) is 0 Å². The largest absolute Gasteiger partial charge is 0.481 e. The van der Waals surface area contributed by atoms with Crippen LogP contribution < -0.4 is 11.2 Å². The molecule has 2 heterocycles. The Morgan fingerprint density at radius 3 is 2.00 bits per heavy atom. The van der Waals surface area contributed by atoms with E-state index < -0.39 is 36.4 Å². The molecule has 0 aliphatic carbocycles. The van der Waals surface area contributed by atoms with Crippen molar-refractivity contribution in [2.45, 2.75) is 51.2 Å². The number of carboxylic acids is 3. The van der Waals surface area contributed by atoms with E-state index in [1.54, 1.807) is 18.7 Å². The van der Waals surface area contributed by atoms with Crippen LogP contribution in [0.2, 0.25) is 0 Å². The zero-order valence-corrected chi connectivity index (χ0v) is 18.3. The molecule has 0 spiro atoms. The average Bonchev–Trinajstić information content (AvgIpc) is 3.06. The van der Waals surface area contributed by atoms with Gasteiger partial charge in [0.25, 0.3) is 5.56 Å². The maximum Gasteiger partial charge on any atom is 0.336 e. The first-order valence-electron chi connectivity index (χ1n) is 9.71. The van der Waals surface area contributed by atoms with Gasteiger partial charge in [-0.1, -0.05) is 0 Å². The Morgan fingerprint density at radius 1 is 1.00 bits per heavy atom. The quantitative estimate of drug-likeness (QED) is 0.307. The van der Waals surface area contributed by atoms with Gasteiger partial charge in [-0.05, 0) is 19.8 Å². The maximum atomic E-state index is 12.3. The zero-order valence-electron chi connectivity index (χ0n) is 18.3. The number of aryl methyl sites for hydroxylation is 2. The van der Waals surface area contributed by atoms with E-state index in [9.17, 15) is 28.8 Å². The highest BCUT2D eigenvalue weighted by Gasteiger charge is 2.40. The van der Waals surface area contributed by atoms with E-state index >= 15 is 0 Å². The van der Waals surface area contributed by atoms with Crippen LogP contribution in [0, 0.1) is 0 Å². The molecule has 0 aliphatic rings. The topological polar surface area (TPSA) is 211 Å². The highest BCUT2D eigenvalue weighted by molar-refractivity contribution is 5.88. The van der Waals surface area contributed by atoms with Gasteiger partial charge in [0.2, 0.25) is 0 Å². The van der Waals surface area contributed by atoms with Crippen molar-refractivity contribution in [1.29, 1.82) is 0 Å². The van der Waals surface area contributed by atoms with E-state index in [2.05, 4.69) is 4.98 Å². The van der Waals surface area contributed by atoms with Gasteiger partial charge < -0.3 is 29.8 Å². The van der Waals surface area contributed by atoms with E-state index in [1.165, 1.54) is 22.4 Å². The summed E-state index contributed by atoms with van der Waals surface area (Å²) in [5, 5.41) is 33.8. The van der Waals surface area contributed by atoms with Gasteiger partial charge in [0, 0.05) is 27.1 Å². The minimum atomic E-state index is -2.74. The highest BCUT2D eigenvalue weighted by Crippen LogP contribution is 2.15. The molecule has 182 valence electrons. The first kappa shape index (κ1) is 27.2. The average molecular weight is 470 g/mol. The Bertz CT molecular complexity index is 1160. The molecule has 2 rings (SSSR count). The third kappa shape index (κ3) is 7.10. The Kier molecular flexibility index (Phi) is 9.22. The summed E-state index contributed by atoms with van der Waals surface area (Å²) in [5.41, 5.74) is -2.63. The summed E-state index contributed by atoms with van der Waals surface area (Å²) in [6, 6.07) is 0. The molecule has 0 aromatic carbocycles. The number of unbranched alkanes of at least 4 members (excludes halogenated alkanes) is 1. The van der Waals surface area contributed by atoms with Crippen molar-refractivity contribution in [3.05, 3.63) is 27.2 Å². The van der Waals surface area contributed by atoms with Crippen LogP contribution in [0.1, 0.15) is 39.0 Å². The van der Waals surface area contributed by atoms with Crippen molar-refractivity contribution in [3.8, 4) is 0 Å². The molecule has 2 aromatic heterocycles. The molecular weight excluding hydrogens is 444 g/mol. The molecule has 0 amide bonds. The summed E-state index contributed by atoms with van der Waals surface area (Å²) in [7, 11) is 3.32. The summed E-state index contributed by atoms with van der Waals surface area (Å²) in [5.74, 6) is -4.90. The molecule has 0 aliphatic heterocycles. The van der Waals surface area contributed by atoms with Gasteiger partial charge in [-0.3, -0.25) is 23.5 Å². The molecule has 14 heteroatoms. The molecule has 0 unspecified atom stereocenters. The summed E-state index contributed by atoms with van der Waals surface area (Å²) in [4.78, 5) is 69.9.